The minimum Gasteiger partial charge on any atom is -0.493 e. The average molecular weight is 556 g/mol. The third-order valence-corrected chi connectivity index (χ3v) is 8.14. The largest absolute Gasteiger partial charge is 0.493 e. The summed E-state index contributed by atoms with van der Waals surface area (Å²) in [7, 11) is -4.05. The second-order valence-electron chi connectivity index (χ2n) is 10.9. The predicted octanol–water partition coefficient (Wildman–Crippen LogP) is 7.34. The summed E-state index contributed by atoms with van der Waals surface area (Å²) in [6.45, 7) is 8.85. The first-order valence-corrected chi connectivity index (χ1v) is 15.1. The molecular weight excluding hydrogens is 518 g/mol. The van der Waals surface area contributed by atoms with E-state index in [1.165, 1.54) is 0 Å². The van der Waals surface area contributed by atoms with Crippen molar-refractivity contribution in [1.82, 2.24) is 4.72 Å². The highest BCUT2D eigenvalue weighted by atomic mass is 32.2. The van der Waals surface area contributed by atoms with Gasteiger partial charge < -0.3 is 4.74 Å². The lowest BCUT2D eigenvalue weighted by Crippen LogP contribution is -2.31. The lowest BCUT2D eigenvalue weighted by Gasteiger charge is -2.19. The van der Waals surface area contributed by atoms with Gasteiger partial charge >= 0.3 is 0 Å². The van der Waals surface area contributed by atoms with Crippen molar-refractivity contribution in [2.75, 3.05) is 6.61 Å². The standard InChI is InChI=1S/C34H37NO4S/c1-5-23-39-32-14-10-9-13-30(32)26-17-22-31(27(24-26)16-15-25-11-7-6-8-12-25)33(36)35-40(37,38)29-20-18-28(19-21-29)34(2,3)4/h6-14,17-22,24H,5,15-16,23H2,1-4H3,(H,35,36). The number of aryl methyl sites for hydroxylation is 2. The molecule has 0 aliphatic rings. The van der Waals surface area contributed by atoms with Gasteiger partial charge in [0.25, 0.3) is 15.9 Å². The highest BCUT2D eigenvalue weighted by molar-refractivity contribution is 7.90. The van der Waals surface area contributed by atoms with E-state index in [0.717, 1.165) is 40.0 Å². The van der Waals surface area contributed by atoms with Gasteiger partial charge in [-0.3, -0.25) is 4.79 Å². The van der Waals surface area contributed by atoms with Crippen LogP contribution in [0.25, 0.3) is 11.1 Å². The Morgan fingerprint density at radius 1 is 0.825 bits per heavy atom. The van der Waals surface area contributed by atoms with Crippen LogP contribution < -0.4 is 9.46 Å². The van der Waals surface area contributed by atoms with E-state index in [9.17, 15) is 13.2 Å². The van der Waals surface area contributed by atoms with E-state index in [0.29, 0.717) is 25.0 Å². The fraction of sp³-hybridized carbons (Fsp3) is 0.265. The Hall–Kier alpha value is -3.90. The van der Waals surface area contributed by atoms with Crippen LogP contribution in [0.15, 0.2) is 102 Å². The number of nitrogens with one attached hydrogen (secondary N) is 1. The summed E-state index contributed by atoms with van der Waals surface area (Å²) < 4.78 is 34.6. The molecule has 4 aromatic rings. The number of hydrogen-bond acceptors (Lipinski definition) is 4. The van der Waals surface area contributed by atoms with Gasteiger partial charge in [-0.15, -0.1) is 0 Å². The van der Waals surface area contributed by atoms with E-state index < -0.39 is 15.9 Å². The fourth-order valence-electron chi connectivity index (χ4n) is 4.53. The summed E-state index contributed by atoms with van der Waals surface area (Å²) in [5, 5.41) is 0. The number of ether oxygens (including phenoxy) is 1. The van der Waals surface area contributed by atoms with Gasteiger partial charge in [0.15, 0.2) is 0 Å². The summed E-state index contributed by atoms with van der Waals surface area (Å²) in [6, 6.07) is 30.0. The van der Waals surface area contributed by atoms with E-state index in [1.807, 2.05) is 66.7 Å². The molecule has 0 heterocycles. The summed E-state index contributed by atoms with van der Waals surface area (Å²) in [5.41, 5.74) is 4.98. The molecule has 0 saturated heterocycles. The lowest BCUT2D eigenvalue weighted by molar-refractivity contribution is 0.0980. The van der Waals surface area contributed by atoms with Crippen molar-refractivity contribution in [3.05, 3.63) is 119 Å². The SMILES string of the molecule is CCCOc1ccccc1-c1ccc(C(=O)NS(=O)(=O)c2ccc(C(C)(C)C)cc2)c(CCc2ccccc2)c1. The van der Waals surface area contributed by atoms with Gasteiger partial charge in [0.05, 0.1) is 11.5 Å². The number of carbonyl (C=O) groups excluding carboxylic acids is 1. The van der Waals surface area contributed by atoms with Crippen LogP contribution in [0, 0.1) is 0 Å². The molecule has 0 fully saturated rings. The highest BCUT2D eigenvalue weighted by Crippen LogP contribution is 2.32. The zero-order chi connectivity index (χ0) is 28.8. The van der Waals surface area contributed by atoms with Gasteiger partial charge in [-0.1, -0.05) is 100 Å². The Labute approximate surface area is 238 Å². The maximum absolute atomic E-state index is 13.4. The molecule has 4 rings (SSSR count). The van der Waals surface area contributed by atoms with Gasteiger partial charge in [-0.05, 0) is 71.2 Å². The number of amides is 1. The zero-order valence-corrected chi connectivity index (χ0v) is 24.4. The van der Waals surface area contributed by atoms with Gasteiger partial charge in [-0.25, -0.2) is 13.1 Å². The Bertz CT molecular complexity index is 1550. The number of hydrogen-bond donors (Lipinski definition) is 1. The van der Waals surface area contributed by atoms with Crippen molar-refractivity contribution in [3.8, 4) is 16.9 Å². The molecule has 40 heavy (non-hydrogen) atoms. The van der Waals surface area contributed by atoms with E-state index >= 15 is 0 Å². The smallest absolute Gasteiger partial charge is 0.265 e. The highest BCUT2D eigenvalue weighted by Gasteiger charge is 2.22. The minimum atomic E-state index is -4.05. The van der Waals surface area contributed by atoms with Crippen molar-refractivity contribution in [3.63, 3.8) is 0 Å². The molecule has 1 amide bonds. The predicted molar refractivity (Wildman–Crippen MR) is 161 cm³/mol. The quantitative estimate of drug-likeness (QED) is 0.222. The second-order valence-corrected chi connectivity index (χ2v) is 12.6. The summed E-state index contributed by atoms with van der Waals surface area (Å²) in [4.78, 5) is 13.5. The monoisotopic (exact) mass is 555 g/mol. The molecule has 0 aromatic heterocycles. The molecule has 208 valence electrons. The maximum atomic E-state index is 13.4. The number of para-hydroxylation sites is 1. The van der Waals surface area contributed by atoms with Crippen LogP contribution >= 0.6 is 0 Å². The molecule has 0 bridgehead atoms. The number of carbonyl (C=O) groups is 1. The van der Waals surface area contributed by atoms with Gasteiger partial charge in [0.1, 0.15) is 5.75 Å². The van der Waals surface area contributed by atoms with E-state index in [2.05, 4.69) is 32.4 Å². The van der Waals surface area contributed by atoms with Crippen LogP contribution in [0.2, 0.25) is 0 Å². The third kappa shape index (κ3) is 7.19. The van der Waals surface area contributed by atoms with Crippen molar-refractivity contribution < 1.29 is 17.9 Å². The first-order valence-electron chi connectivity index (χ1n) is 13.7. The van der Waals surface area contributed by atoms with Crippen molar-refractivity contribution >= 4 is 15.9 Å². The average Bonchev–Trinajstić information content (AvgIpc) is 2.95. The molecule has 0 aliphatic carbocycles. The van der Waals surface area contributed by atoms with Crippen molar-refractivity contribution in [1.29, 1.82) is 0 Å². The number of benzene rings is 4. The first-order chi connectivity index (χ1) is 19.1. The summed E-state index contributed by atoms with van der Waals surface area (Å²) in [5.74, 6) is 0.127. The molecule has 4 aromatic carbocycles. The number of rotatable bonds is 10. The Kier molecular flexibility index (Phi) is 9.10. The molecule has 0 aliphatic heterocycles. The Balaban J connectivity index is 1.66. The molecule has 0 unspecified atom stereocenters. The molecule has 6 heteroatoms. The molecule has 0 atom stereocenters. The van der Waals surface area contributed by atoms with Crippen LogP contribution in [0.5, 0.6) is 5.75 Å². The van der Waals surface area contributed by atoms with E-state index in [1.54, 1.807) is 30.3 Å². The van der Waals surface area contributed by atoms with Crippen LogP contribution in [0.3, 0.4) is 0 Å². The summed E-state index contributed by atoms with van der Waals surface area (Å²) in [6.07, 6.45) is 2.17. The van der Waals surface area contributed by atoms with Crippen LogP contribution in [-0.4, -0.2) is 20.9 Å². The van der Waals surface area contributed by atoms with Crippen LogP contribution in [-0.2, 0) is 28.3 Å². The second kappa shape index (κ2) is 12.5. The topological polar surface area (TPSA) is 72.5 Å². The van der Waals surface area contributed by atoms with E-state index in [-0.39, 0.29) is 10.3 Å². The van der Waals surface area contributed by atoms with Crippen LogP contribution in [0.4, 0.5) is 0 Å². The molecule has 1 N–H and O–H groups in total. The molecule has 5 nitrogen and oxygen atoms in total. The minimum absolute atomic E-state index is 0.0540. The maximum Gasteiger partial charge on any atom is 0.265 e. The summed E-state index contributed by atoms with van der Waals surface area (Å²) >= 11 is 0. The van der Waals surface area contributed by atoms with Gasteiger partial charge in [0, 0.05) is 11.1 Å². The molecule has 0 saturated carbocycles. The lowest BCUT2D eigenvalue weighted by atomic mass is 9.87. The van der Waals surface area contributed by atoms with Crippen LogP contribution in [0.1, 0.15) is 61.2 Å². The fourth-order valence-corrected chi connectivity index (χ4v) is 5.49. The normalized spacial score (nSPS) is 11.7. The Morgan fingerprint density at radius 3 is 2.17 bits per heavy atom. The molecule has 0 spiro atoms. The zero-order valence-electron chi connectivity index (χ0n) is 23.6. The van der Waals surface area contributed by atoms with Crippen molar-refractivity contribution in [2.24, 2.45) is 0 Å². The molecular formula is C34H37NO4S. The molecule has 0 radical (unpaired) electrons. The number of sulfonamides is 1. The Morgan fingerprint density at radius 2 is 1.50 bits per heavy atom. The first kappa shape index (κ1) is 29.1. The van der Waals surface area contributed by atoms with Gasteiger partial charge in [-0.2, -0.15) is 0 Å². The van der Waals surface area contributed by atoms with E-state index in [4.69, 9.17) is 4.74 Å². The third-order valence-electron chi connectivity index (χ3n) is 6.79. The van der Waals surface area contributed by atoms with Crippen molar-refractivity contribution in [2.45, 2.75) is 57.3 Å². The van der Waals surface area contributed by atoms with Gasteiger partial charge in [0.2, 0.25) is 0 Å².